The molecule has 4 nitrogen and oxygen atoms in total. The molecule has 0 N–H and O–H groups in total. The highest BCUT2D eigenvalue weighted by molar-refractivity contribution is 5.90. The third-order valence-corrected chi connectivity index (χ3v) is 2.56. The van der Waals surface area contributed by atoms with Gasteiger partial charge in [0.2, 0.25) is 0 Å². The largest absolute Gasteiger partial charge is 0.497 e. The van der Waals surface area contributed by atoms with Crippen LogP contribution in [0.15, 0.2) is 42.7 Å². The molecule has 0 aliphatic rings. The van der Waals surface area contributed by atoms with Gasteiger partial charge in [0.05, 0.1) is 19.8 Å². The molecule has 0 bridgehead atoms. The minimum Gasteiger partial charge on any atom is -0.497 e. The maximum absolute atomic E-state index is 11.4. The molecule has 0 spiro atoms. The van der Waals surface area contributed by atoms with Gasteiger partial charge in [-0.05, 0) is 23.8 Å². The molecule has 0 atom stereocenters. The van der Waals surface area contributed by atoms with Crippen molar-refractivity contribution < 1.29 is 14.3 Å². The Hall–Kier alpha value is -2.36. The number of methoxy groups -OCH3 is 2. The number of nitrogens with zero attached hydrogens (tertiary/aromatic N) is 1. The second-order valence-electron chi connectivity index (χ2n) is 3.69. The SMILES string of the molecule is COC(=O)c1cncc(-c2cccc(OC)c2)c1. The van der Waals surface area contributed by atoms with Crippen molar-refractivity contribution in [2.24, 2.45) is 0 Å². The zero-order valence-corrected chi connectivity index (χ0v) is 10.2. The molecule has 0 amide bonds. The van der Waals surface area contributed by atoms with Gasteiger partial charge in [-0.2, -0.15) is 0 Å². The summed E-state index contributed by atoms with van der Waals surface area (Å²) in [4.78, 5) is 15.5. The van der Waals surface area contributed by atoms with E-state index < -0.39 is 5.97 Å². The molecule has 0 saturated heterocycles. The van der Waals surface area contributed by atoms with Crippen molar-refractivity contribution >= 4 is 5.97 Å². The van der Waals surface area contributed by atoms with Crippen molar-refractivity contribution in [2.45, 2.75) is 0 Å². The molecular formula is C14H13NO3. The number of hydrogen-bond acceptors (Lipinski definition) is 4. The predicted molar refractivity (Wildman–Crippen MR) is 67.6 cm³/mol. The fourth-order valence-corrected chi connectivity index (χ4v) is 1.63. The van der Waals surface area contributed by atoms with Gasteiger partial charge in [-0.3, -0.25) is 4.98 Å². The van der Waals surface area contributed by atoms with E-state index in [2.05, 4.69) is 9.72 Å². The van der Waals surface area contributed by atoms with Crippen LogP contribution < -0.4 is 4.74 Å². The minimum atomic E-state index is -0.396. The molecule has 92 valence electrons. The van der Waals surface area contributed by atoms with Crippen molar-refractivity contribution in [2.75, 3.05) is 14.2 Å². The Labute approximate surface area is 105 Å². The summed E-state index contributed by atoms with van der Waals surface area (Å²) in [7, 11) is 2.96. The van der Waals surface area contributed by atoms with Gasteiger partial charge in [0.15, 0.2) is 0 Å². The van der Waals surface area contributed by atoms with Gasteiger partial charge in [-0.1, -0.05) is 12.1 Å². The van der Waals surface area contributed by atoms with Gasteiger partial charge in [-0.25, -0.2) is 4.79 Å². The summed E-state index contributed by atoms with van der Waals surface area (Å²) in [6.45, 7) is 0. The molecule has 0 saturated carbocycles. The standard InChI is InChI=1S/C14H13NO3/c1-17-13-5-3-4-10(7-13)11-6-12(9-15-8-11)14(16)18-2/h3-9H,1-2H3. The Morgan fingerprint density at radius 1 is 1.11 bits per heavy atom. The first-order valence-electron chi connectivity index (χ1n) is 5.42. The van der Waals surface area contributed by atoms with Crippen molar-refractivity contribution in [3.63, 3.8) is 0 Å². The summed E-state index contributed by atoms with van der Waals surface area (Å²) in [6.07, 6.45) is 3.18. The molecule has 1 aromatic heterocycles. The quantitative estimate of drug-likeness (QED) is 0.777. The highest BCUT2D eigenvalue weighted by Gasteiger charge is 2.08. The molecule has 1 heterocycles. The summed E-state index contributed by atoms with van der Waals surface area (Å²) < 4.78 is 9.83. The van der Waals surface area contributed by atoms with Crippen LogP contribution in [-0.4, -0.2) is 25.2 Å². The monoisotopic (exact) mass is 243 g/mol. The number of rotatable bonds is 3. The van der Waals surface area contributed by atoms with Crippen LogP contribution in [0, 0.1) is 0 Å². The molecule has 1 aromatic carbocycles. The van der Waals surface area contributed by atoms with E-state index in [0.29, 0.717) is 5.56 Å². The Bertz CT molecular complexity index is 566. The zero-order valence-electron chi connectivity index (χ0n) is 10.2. The number of aromatic nitrogens is 1. The third-order valence-electron chi connectivity index (χ3n) is 2.56. The Morgan fingerprint density at radius 2 is 1.94 bits per heavy atom. The van der Waals surface area contributed by atoms with Crippen molar-refractivity contribution in [1.29, 1.82) is 0 Å². The third kappa shape index (κ3) is 2.48. The highest BCUT2D eigenvalue weighted by atomic mass is 16.5. The molecule has 0 fully saturated rings. The van der Waals surface area contributed by atoms with Crippen molar-refractivity contribution in [1.82, 2.24) is 4.98 Å². The van der Waals surface area contributed by atoms with Gasteiger partial charge in [0, 0.05) is 18.0 Å². The maximum Gasteiger partial charge on any atom is 0.339 e. The van der Waals surface area contributed by atoms with Crippen LogP contribution >= 0.6 is 0 Å². The molecule has 2 aromatic rings. The molecule has 0 radical (unpaired) electrons. The normalized spacial score (nSPS) is 9.89. The van der Waals surface area contributed by atoms with E-state index >= 15 is 0 Å². The van der Waals surface area contributed by atoms with Gasteiger partial charge in [-0.15, -0.1) is 0 Å². The van der Waals surface area contributed by atoms with Gasteiger partial charge < -0.3 is 9.47 Å². The molecule has 0 unspecified atom stereocenters. The first-order valence-corrected chi connectivity index (χ1v) is 5.42. The van der Waals surface area contributed by atoms with E-state index in [4.69, 9.17) is 4.74 Å². The van der Waals surface area contributed by atoms with Crippen LogP contribution in [-0.2, 0) is 4.74 Å². The van der Waals surface area contributed by atoms with E-state index in [0.717, 1.165) is 16.9 Å². The fourth-order valence-electron chi connectivity index (χ4n) is 1.63. The minimum absolute atomic E-state index is 0.396. The first-order chi connectivity index (χ1) is 8.74. The maximum atomic E-state index is 11.4. The van der Waals surface area contributed by atoms with Crippen LogP contribution in [0.3, 0.4) is 0 Å². The van der Waals surface area contributed by atoms with Crippen molar-refractivity contribution in [3.8, 4) is 16.9 Å². The number of pyridine rings is 1. The van der Waals surface area contributed by atoms with Gasteiger partial charge in [0.1, 0.15) is 5.75 Å². The molecule has 0 aliphatic carbocycles. The molecule has 2 rings (SSSR count). The van der Waals surface area contributed by atoms with Crippen LogP contribution in [0.4, 0.5) is 0 Å². The molecule has 4 heteroatoms. The second-order valence-corrected chi connectivity index (χ2v) is 3.69. The lowest BCUT2D eigenvalue weighted by atomic mass is 10.1. The Morgan fingerprint density at radius 3 is 2.67 bits per heavy atom. The smallest absolute Gasteiger partial charge is 0.339 e. The fraction of sp³-hybridized carbons (Fsp3) is 0.143. The number of carbonyl (C=O) groups excluding carboxylic acids is 1. The van der Waals surface area contributed by atoms with E-state index in [1.807, 2.05) is 24.3 Å². The molecule has 18 heavy (non-hydrogen) atoms. The van der Waals surface area contributed by atoms with Crippen LogP contribution in [0.2, 0.25) is 0 Å². The lowest BCUT2D eigenvalue weighted by Crippen LogP contribution is -2.01. The average molecular weight is 243 g/mol. The Balaban J connectivity index is 2.41. The van der Waals surface area contributed by atoms with E-state index in [1.54, 1.807) is 19.4 Å². The van der Waals surface area contributed by atoms with E-state index in [-0.39, 0.29) is 0 Å². The van der Waals surface area contributed by atoms with Crippen LogP contribution in [0.5, 0.6) is 5.75 Å². The summed E-state index contributed by atoms with van der Waals surface area (Å²) in [5.74, 6) is 0.364. The summed E-state index contributed by atoms with van der Waals surface area (Å²) in [5, 5.41) is 0. The van der Waals surface area contributed by atoms with Crippen LogP contribution in [0.25, 0.3) is 11.1 Å². The van der Waals surface area contributed by atoms with Crippen molar-refractivity contribution in [3.05, 3.63) is 48.3 Å². The lowest BCUT2D eigenvalue weighted by Gasteiger charge is -2.05. The van der Waals surface area contributed by atoms with Gasteiger partial charge in [0.25, 0.3) is 0 Å². The zero-order chi connectivity index (χ0) is 13.0. The second kappa shape index (κ2) is 5.31. The summed E-state index contributed by atoms with van der Waals surface area (Å²) >= 11 is 0. The number of hydrogen-bond donors (Lipinski definition) is 0. The summed E-state index contributed by atoms with van der Waals surface area (Å²) in [5.41, 5.74) is 2.21. The number of carbonyl (C=O) groups is 1. The predicted octanol–water partition coefficient (Wildman–Crippen LogP) is 2.54. The van der Waals surface area contributed by atoms with E-state index in [1.165, 1.54) is 13.3 Å². The molecular weight excluding hydrogens is 230 g/mol. The van der Waals surface area contributed by atoms with E-state index in [9.17, 15) is 4.79 Å². The lowest BCUT2D eigenvalue weighted by molar-refractivity contribution is 0.0600. The Kier molecular flexibility index (Phi) is 3.57. The highest BCUT2D eigenvalue weighted by Crippen LogP contribution is 2.23. The molecule has 0 aliphatic heterocycles. The van der Waals surface area contributed by atoms with Gasteiger partial charge >= 0.3 is 5.97 Å². The number of esters is 1. The number of benzene rings is 1. The average Bonchev–Trinajstić information content (AvgIpc) is 2.46. The summed E-state index contributed by atoms with van der Waals surface area (Å²) in [6, 6.07) is 9.31. The topological polar surface area (TPSA) is 48.4 Å². The number of ether oxygens (including phenoxy) is 2. The van der Waals surface area contributed by atoms with Crippen LogP contribution in [0.1, 0.15) is 10.4 Å². The first kappa shape index (κ1) is 12.1.